The first kappa shape index (κ1) is 14.7. The summed E-state index contributed by atoms with van der Waals surface area (Å²) in [5.74, 6) is 0. The van der Waals surface area contributed by atoms with Crippen LogP contribution in [0, 0.1) is 5.41 Å². The highest BCUT2D eigenvalue weighted by Crippen LogP contribution is 2.48. The summed E-state index contributed by atoms with van der Waals surface area (Å²) in [4.78, 5) is 6.35. The van der Waals surface area contributed by atoms with E-state index in [1.165, 1.54) is 17.0 Å². The molecule has 0 spiro atoms. The molecule has 0 radical (unpaired) electrons. The van der Waals surface area contributed by atoms with Crippen LogP contribution >= 0.6 is 11.3 Å². The van der Waals surface area contributed by atoms with Crippen molar-refractivity contribution in [2.45, 2.75) is 52.0 Å². The molecule has 0 aliphatic heterocycles. The van der Waals surface area contributed by atoms with Crippen LogP contribution < -0.4 is 5.73 Å². The lowest BCUT2D eigenvalue weighted by molar-refractivity contribution is 0.232. The fourth-order valence-corrected chi connectivity index (χ4v) is 4.96. The Bertz CT molecular complexity index is 640. The van der Waals surface area contributed by atoms with Crippen LogP contribution in [0.25, 0.3) is 0 Å². The molecule has 1 aromatic heterocycles. The molecular formula is C18H24N2S. The molecule has 2 nitrogen and oxygen atoms in total. The fraction of sp³-hybridized carbons (Fsp3) is 0.500. The highest BCUT2D eigenvalue weighted by atomic mass is 32.1. The standard InChI is InChI=1S/C18H24N2S/c1-17(2)10-13-15(18(3,4)11-17)21-16(20-13)14(19)12-8-6-5-7-9-12/h5-9,14H,10-11,19H2,1-4H3. The Balaban J connectivity index is 2.00. The molecule has 0 bridgehead atoms. The number of thiazole rings is 1. The van der Waals surface area contributed by atoms with Crippen LogP contribution in [-0.4, -0.2) is 4.98 Å². The van der Waals surface area contributed by atoms with Gasteiger partial charge >= 0.3 is 0 Å². The van der Waals surface area contributed by atoms with Gasteiger partial charge in [-0.25, -0.2) is 4.98 Å². The summed E-state index contributed by atoms with van der Waals surface area (Å²) in [5.41, 5.74) is 9.35. The van der Waals surface area contributed by atoms with E-state index in [4.69, 9.17) is 10.7 Å². The first-order valence-corrected chi connectivity index (χ1v) is 8.41. The SMILES string of the molecule is CC1(C)Cc2nc(C(N)c3ccccc3)sc2C(C)(C)C1. The van der Waals surface area contributed by atoms with Crippen LogP contribution in [0.4, 0.5) is 0 Å². The molecule has 1 heterocycles. The molecule has 0 saturated heterocycles. The number of fused-ring (bicyclic) bond motifs is 1. The number of hydrogen-bond acceptors (Lipinski definition) is 3. The molecule has 1 aliphatic rings. The van der Waals surface area contributed by atoms with Crippen LogP contribution in [0.2, 0.25) is 0 Å². The molecule has 3 heteroatoms. The Morgan fingerprint density at radius 2 is 1.81 bits per heavy atom. The van der Waals surface area contributed by atoms with Crippen molar-refractivity contribution in [2.75, 3.05) is 0 Å². The molecule has 1 aliphatic carbocycles. The number of aromatic nitrogens is 1. The van der Waals surface area contributed by atoms with E-state index < -0.39 is 0 Å². The average Bonchev–Trinajstić information content (AvgIpc) is 2.81. The maximum atomic E-state index is 6.43. The smallest absolute Gasteiger partial charge is 0.114 e. The third kappa shape index (κ3) is 2.77. The lowest BCUT2D eigenvalue weighted by Gasteiger charge is -2.39. The van der Waals surface area contributed by atoms with Crippen molar-refractivity contribution in [2.24, 2.45) is 11.1 Å². The van der Waals surface area contributed by atoms with Gasteiger partial charge in [-0.15, -0.1) is 11.3 Å². The second-order valence-corrected chi connectivity index (χ2v) is 8.65. The summed E-state index contributed by atoms with van der Waals surface area (Å²) in [6, 6.07) is 10.2. The highest BCUT2D eigenvalue weighted by molar-refractivity contribution is 7.12. The van der Waals surface area contributed by atoms with Gasteiger partial charge in [0.1, 0.15) is 5.01 Å². The number of rotatable bonds is 2. The molecule has 1 unspecified atom stereocenters. The van der Waals surface area contributed by atoms with E-state index in [1.807, 2.05) is 29.5 Å². The first-order chi connectivity index (χ1) is 9.78. The predicted octanol–water partition coefficient (Wildman–Crippen LogP) is 4.44. The van der Waals surface area contributed by atoms with Gasteiger partial charge in [-0.1, -0.05) is 58.0 Å². The monoisotopic (exact) mass is 300 g/mol. The van der Waals surface area contributed by atoms with Gasteiger partial charge in [-0.2, -0.15) is 0 Å². The van der Waals surface area contributed by atoms with Gasteiger partial charge in [0.05, 0.1) is 11.7 Å². The maximum Gasteiger partial charge on any atom is 0.114 e. The predicted molar refractivity (Wildman–Crippen MR) is 89.7 cm³/mol. The van der Waals surface area contributed by atoms with E-state index in [0.717, 1.165) is 17.0 Å². The van der Waals surface area contributed by atoms with Crippen molar-refractivity contribution in [1.82, 2.24) is 4.98 Å². The van der Waals surface area contributed by atoms with Crippen molar-refractivity contribution in [3.63, 3.8) is 0 Å². The molecule has 2 N–H and O–H groups in total. The number of nitrogens with zero attached hydrogens (tertiary/aromatic N) is 1. The normalized spacial score (nSPS) is 20.8. The van der Waals surface area contributed by atoms with E-state index >= 15 is 0 Å². The van der Waals surface area contributed by atoms with Crippen molar-refractivity contribution in [3.05, 3.63) is 51.5 Å². The van der Waals surface area contributed by atoms with Crippen molar-refractivity contribution in [3.8, 4) is 0 Å². The Morgan fingerprint density at radius 3 is 2.48 bits per heavy atom. The largest absolute Gasteiger partial charge is 0.318 e. The lowest BCUT2D eigenvalue weighted by atomic mass is 9.67. The Kier molecular flexibility index (Phi) is 3.45. The molecule has 21 heavy (non-hydrogen) atoms. The second kappa shape index (κ2) is 4.92. The number of hydrogen-bond donors (Lipinski definition) is 1. The zero-order valence-electron chi connectivity index (χ0n) is 13.3. The molecule has 112 valence electrons. The van der Waals surface area contributed by atoms with E-state index in [0.29, 0.717) is 5.41 Å². The molecule has 2 aromatic rings. The zero-order chi connectivity index (χ0) is 15.3. The van der Waals surface area contributed by atoms with E-state index in [-0.39, 0.29) is 11.5 Å². The Hall–Kier alpha value is -1.19. The molecule has 1 atom stereocenters. The minimum absolute atomic E-state index is 0.110. The third-order valence-corrected chi connectivity index (χ3v) is 5.87. The molecule has 1 aromatic carbocycles. The molecule has 0 saturated carbocycles. The molecule has 0 amide bonds. The average molecular weight is 300 g/mol. The Morgan fingerprint density at radius 1 is 1.14 bits per heavy atom. The summed E-state index contributed by atoms with van der Waals surface area (Å²) < 4.78 is 0. The van der Waals surface area contributed by atoms with E-state index in [9.17, 15) is 0 Å². The van der Waals surface area contributed by atoms with Gasteiger partial charge in [-0.05, 0) is 23.8 Å². The zero-order valence-corrected chi connectivity index (χ0v) is 14.1. The quantitative estimate of drug-likeness (QED) is 0.890. The molecular weight excluding hydrogens is 276 g/mol. The molecule has 3 rings (SSSR count). The van der Waals surface area contributed by atoms with Gasteiger partial charge in [0.2, 0.25) is 0 Å². The summed E-state index contributed by atoms with van der Waals surface area (Å²) in [5, 5.41) is 1.05. The topological polar surface area (TPSA) is 38.9 Å². The van der Waals surface area contributed by atoms with Gasteiger partial charge in [0, 0.05) is 10.3 Å². The van der Waals surface area contributed by atoms with Crippen LogP contribution in [-0.2, 0) is 11.8 Å². The summed E-state index contributed by atoms with van der Waals surface area (Å²) in [6.07, 6.45) is 2.26. The van der Waals surface area contributed by atoms with Crippen LogP contribution in [0.3, 0.4) is 0 Å². The minimum atomic E-state index is -0.110. The number of nitrogens with two attached hydrogens (primary N) is 1. The third-order valence-electron chi connectivity index (χ3n) is 4.32. The summed E-state index contributed by atoms with van der Waals surface area (Å²) >= 11 is 1.81. The van der Waals surface area contributed by atoms with Crippen LogP contribution in [0.1, 0.15) is 61.3 Å². The van der Waals surface area contributed by atoms with Gasteiger partial charge < -0.3 is 5.73 Å². The fourth-order valence-electron chi connectivity index (χ4n) is 3.75. The van der Waals surface area contributed by atoms with Crippen molar-refractivity contribution < 1.29 is 0 Å². The van der Waals surface area contributed by atoms with Gasteiger partial charge in [-0.3, -0.25) is 0 Å². The van der Waals surface area contributed by atoms with E-state index in [1.54, 1.807) is 0 Å². The lowest BCUT2D eigenvalue weighted by Crippen LogP contribution is -2.33. The molecule has 0 fully saturated rings. The Labute approximate surface area is 131 Å². The van der Waals surface area contributed by atoms with E-state index in [2.05, 4.69) is 39.8 Å². The first-order valence-electron chi connectivity index (χ1n) is 7.59. The summed E-state index contributed by atoms with van der Waals surface area (Å²) in [7, 11) is 0. The summed E-state index contributed by atoms with van der Waals surface area (Å²) in [6.45, 7) is 9.35. The van der Waals surface area contributed by atoms with Crippen LogP contribution in [0.5, 0.6) is 0 Å². The second-order valence-electron chi connectivity index (χ2n) is 7.62. The van der Waals surface area contributed by atoms with Crippen LogP contribution in [0.15, 0.2) is 30.3 Å². The highest BCUT2D eigenvalue weighted by Gasteiger charge is 2.40. The number of benzene rings is 1. The minimum Gasteiger partial charge on any atom is -0.318 e. The van der Waals surface area contributed by atoms with Crippen molar-refractivity contribution >= 4 is 11.3 Å². The van der Waals surface area contributed by atoms with Gasteiger partial charge in [0.25, 0.3) is 0 Å². The maximum absolute atomic E-state index is 6.43. The van der Waals surface area contributed by atoms with Gasteiger partial charge in [0.15, 0.2) is 0 Å². The van der Waals surface area contributed by atoms with Crippen molar-refractivity contribution in [1.29, 1.82) is 0 Å².